The van der Waals surface area contributed by atoms with E-state index < -0.39 is 11.9 Å². The Kier molecular flexibility index (Phi) is 5.44. The normalized spacial score (nSPS) is 11.8. The Morgan fingerprint density at radius 3 is 2.56 bits per heavy atom. The number of hydrogen-bond donors (Lipinski definition) is 2. The van der Waals surface area contributed by atoms with Gasteiger partial charge >= 0.3 is 0 Å². The van der Waals surface area contributed by atoms with E-state index in [1.54, 1.807) is 13.0 Å². The molecule has 4 nitrogen and oxygen atoms in total. The number of rotatable bonds is 4. The molecule has 0 aliphatic rings. The van der Waals surface area contributed by atoms with Crippen LogP contribution in [0.15, 0.2) is 18.2 Å². The summed E-state index contributed by atoms with van der Waals surface area (Å²) in [6, 6.07) is 3.95. The lowest BCUT2D eigenvalue weighted by molar-refractivity contribution is -0.122. The number of halogens is 2. The summed E-state index contributed by atoms with van der Waals surface area (Å²) in [6.07, 6.45) is 0. The van der Waals surface area contributed by atoms with Crippen LogP contribution in [0, 0.1) is 0 Å². The average Bonchev–Trinajstić information content (AvgIpc) is 2.28. The zero-order valence-electron chi connectivity index (χ0n) is 10.1. The number of hydrogen-bond acceptors (Lipinski definition) is 2. The van der Waals surface area contributed by atoms with Crippen molar-refractivity contribution >= 4 is 35.0 Å². The zero-order chi connectivity index (χ0) is 13.7. The van der Waals surface area contributed by atoms with Gasteiger partial charge in [0.1, 0.15) is 6.04 Å². The fourth-order valence-electron chi connectivity index (χ4n) is 1.34. The second-order valence-electron chi connectivity index (χ2n) is 3.71. The molecule has 0 fully saturated rings. The molecule has 2 amide bonds. The van der Waals surface area contributed by atoms with Crippen molar-refractivity contribution in [3.8, 4) is 0 Å². The summed E-state index contributed by atoms with van der Waals surface area (Å²) >= 11 is 11.6. The molecule has 1 unspecified atom stereocenters. The fraction of sp³-hybridized carbons (Fsp3) is 0.333. The van der Waals surface area contributed by atoms with Gasteiger partial charge in [0.05, 0.1) is 10.6 Å². The molecule has 98 valence electrons. The summed E-state index contributed by atoms with van der Waals surface area (Å²) in [5.41, 5.74) is 0.289. The standard InChI is InChI=1S/C12H14Cl2N2O2/c1-3-15-11(17)7(2)16-12(18)9-5-4-8(13)6-10(9)14/h4-7H,3H2,1-2H3,(H,15,17)(H,16,18). The summed E-state index contributed by atoms with van der Waals surface area (Å²) in [4.78, 5) is 23.3. The van der Waals surface area contributed by atoms with Crippen LogP contribution in [0.4, 0.5) is 0 Å². The molecule has 18 heavy (non-hydrogen) atoms. The van der Waals surface area contributed by atoms with Crippen molar-refractivity contribution in [2.45, 2.75) is 19.9 Å². The topological polar surface area (TPSA) is 58.2 Å². The molecule has 0 heterocycles. The van der Waals surface area contributed by atoms with Crippen LogP contribution in [0.1, 0.15) is 24.2 Å². The van der Waals surface area contributed by atoms with Crippen LogP contribution in [-0.4, -0.2) is 24.4 Å². The zero-order valence-corrected chi connectivity index (χ0v) is 11.6. The van der Waals surface area contributed by atoms with Crippen LogP contribution in [0.5, 0.6) is 0 Å². The predicted octanol–water partition coefficient (Wildman–Crippen LogP) is 2.25. The van der Waals surface area contributed by atoms with Crippen molar-refractivity contribution in [1.29, 1.82) is 0 Å². The third-order valence-electron chi connectivity index (χ3n) is 2.27. The maximum atomic E-state index is 11.9. The van der Waals surface area contributed by atoms with Crippen molar-refractivity contribution in [3.63, 3.8) is 0 Å². The molecule has 0 aromatic heterocycles. The van der Waals surface area contributed by atoms with Crippen LogP contribution in [-0.2, 0) is 4.79 Å². The van der Waals surface area contributed by atoms with Crippen LogP contribution >= 0.6 is 23.2 Å². The molecule has 1 aromatic carbocycles. The van der Waals surface area contributed by atoms with E-state index in [2.05, 4.69) is 10.6 Å². The van der Waals surface area contributed by atoms with Gasteiger partial charge in [0.2, 0.25) is 5.91 Å². The number of benzene rings is 1. The first kappa shape index (κ1) is 14.8. The van der Waals surface area contributed by atoms with Gasteiger partial charge in [-0.05, 0) is 32.0 Å². The van der Waals surface area contributed by atoms with Gasteiger partial charge in [0, 0.05) is 11.6 Å². The van der Waals surface area contributed by atoms with Crippen LogP contribution in [0.25, 0.3) is 0 Å². The highest BCUT2D eigenvalue weighted by Gasteiger charge is 2.17. The van der Waals surface area contributed by atoms with Crippen molar-refractivity contribution in [2.75, 3.05) is 6.54 Å². The molecule has 0 spiro atoms. The Bertz CT molecular complexity index is 463. The molecule has 0 saturated carbocycles. The molecule has 0 aliphatic carbocycles. The smallest absolute Gasteiger partial charge is 0.253 e. The van der Waals surface area contributed by atoms with E-state index in [1.165, 1.54) is 12.1 Å². The highest BCUT2D eigenvalue weighted by Crippen LogP contribution is 2.20. The van der Waals surface area contributed by atoms with Crippen LogP contribution < -0.4 is 10.6 Å². The van der Waals surface area contributed by atoms with Gasteiger partial charge in [0.25, 0.3) is 5.91 Å². The minimum atomic E-state index is -0.621. The monoisotopic (exact) mass is 288 g/mol. The Morgan fingerprint density at radius 2 is 2.00 bits per heavy atom. The van der Waals surface area contributed by atoms with Gasteiger partial charge in [0.15, 0.2) is 0 Å². The number of likely N-dealkylation sites (N-methyl/N-ethyl adjacent to an activating group) is 1. The Balaban J connectivity index is 2.73. The molecule has 0 aliphatic heterocycles. The maximum Gasteiger partial charge on any atom is 0.253 e. The minimum absolute atomic E-state index is 0.240. The molecular weight excluding hydrogens is 275 g/mol. The lowest BCUT2D eigenvalue weighted by Crippen LogP contribution is -2.44. The summed E-state index contributed by atoms with van der Waals surface area (Å²) in [6.45, 7) is 3.93. The predicted molar refractivity (Wildman–Crippen MR) is 72.1 cm³/mol. The van der Waals surface area contributed by atoms with E-state index in [-0.39, 0.29) is 16.5 Å². The number of amides is 2. The van der Waals surface area contributed by atoms with E-state index >= 15 is 0 Å². The largest absolute Gasteiger partial charge is 0.355 e. The average molecular weight is 289 g/mol. The molecular formula is C12H14Cl2N2O2. The second kappa shape index (κ2) is 6.61. The van der Waals surface area contributed by atoms with Crippen LogP contribution in [0.3, 0.4) is 0 Å². The SMILES string of the molecule is CCNC(=O)C(C)NC(=O)c1ccc(Cl)cc1Cl. The molecule has 0 radical (unpaired) electrons. The van der Waals surface area contributed by atoms with E-state index in [0.29, 0.717) is 11.6 Å². The lowest BCUT2D eigenvalue weighted by Gasteiger charge is -2.13. The Morgan fingerprint density at radius 1 is 1.33 bits per heavy atom. The van der Waals surface area contributed by atoms with Crippen molar-refractivity contribution in [3.05, 3.63) is 33.8 Å². The Hall–Kier alpha value is -1.26. The van der Waals surface area contributed by atoms with E-state index in [9.17, 15) is 9.59 Å². The van der Waals surface area contributed by atoms with Crippen molar-refractivity contribution in [1.82, 2.24) is 10.6 Å². The number of carbonyl (C=O) groups is 2. The summed E-state index contributed by atoms with van der Waals surface area (Å²) in [7, 11) is 0. The van der Waals surface area contributed by atoms with Gasteiger partial charge in [-0.1, -0.05) is 23.2 Å². The molecule has 1 rings (SSSR count). The van der Waals surface area contributed by atoms with Gasteiger partial charge in [-0.25, -0.2) is 0 Å². The van der Waals surface area contributed by atoms with Crippen LogP contribution in [0.2, 0.25) is 10.0 Å². The van der Waals surface area contributed by atoms with E-state index in [1.807, 2.05) is 6.92 Å². The molecule has 1 aromatic rings. The lowest BCUT2D eigenvalue weighted by atomic mass is 10.2. The first-order valence-electron chi connectivity index (χ1n) is 5.49. The van der Waals surface area contributed by atoms with Gasteiger partial charge < -0.3 is 10.6 Å². The third-order valence-corrected chi connectivity index (χ3v) is 2.82. The van der Waals surface area contributed by atoms with Crippen molar-refractivity contribution in [2.24, 2.45) is 0 Å². The molecule has 1 atom stereocenters. The summed E-state index contributed by atoms with van der Waals surface area (Å²) in [5, 5.41) is 5.89. The van der Waals surface area contributed by atoms with Gasteiger partial charge in [-0.3, -0.25) is 9.59 Å². The fourth-order valence-corrected chi connectivity index (χ4v) is 1.84. The van der Waals surface area contributed by atoms with Gasteiger partial charge in [-0.2, -0.15) is 0 Å². The minimum Gasteiger partial charge on any atom is -0.355 e. The highest BCUT2D eigenvalue weighted by atomic mass is 35.5. The highest BCUT2D eigenvalue weighted by molar-refractivity contribution is 6.36. The Labute approximate surface area is 116 Å². The van der Waals surface area contributed by atoms with Crippen molar-refractivity contribution < 1.29 is 9.59 Å². The molecule has 6 heteroatoms. The van der Waals surface area contributed by atoms with E-state index in [4.69, 9.17) is 23.2 Å². The number of carbonyl (C=O) groups excluding carboxylic acids is 2. The molecule has 0 bridgehead atoms. The molecule has 0 saturated heterocycles. The summed E-state index contributed by atoms with van der Waals surface area (Å²) < 4.78 is 0. The van der Waals surface area contributed by atoms with Gasteiger partial charge in [-0.15, -0.1) is 0 Å². The molecule has 2 N–H and O–H groups in total. The second-order valence-corrected chi connectivity index (χ2v) is 4.56. The quantitative estimate of drug-likeness (QED) is 0.893. The first-order valence-corrected chi connectivity index (χ1v) is 6.25. The first-order chi connectivity index (χ1) is 8.45. The van der Waals surface area contributed by atoms with E-state index in [0.717, 1.165) is 0 Å². The third kappa shape index (κ3) is 3.89. The number of nitrogens with one attached hydrogen (secondary N) is 2. The summed E-state index contributed by atoms with van der Waals surface area (Å²) in [5.74, 6) is -0.647. The maximum absolute atomic E-state index is 11.9.